The Labute approximate surface area is 220 Å². The molecule has 0 spiro atoms. The zero-order valence-electron chi connectivity index (χ0n) is 20.5. The van der Waals surface area contributed by atoms with Crippen LogP contribution in [0.5, 0.6) is 0 Å². The van der Waals surface area contributed by atoms with Gasteiger partial charge in [0, 0.05) is 37.1 Å². The topological polar surface area (TPSA) is 151 Å². The molecule has 0 fully saturated rings. The number of carboxylic acids is 1. The van der Waals surface area contributed by atoms with Crippen molar-refractivity contribution in [3.8, 4) is 5.69 Å². The maximum atomic E-state index is 12.7. The zero-order valence-corrected chi connectivity index (χ0v) is 21.3. The Morgan fingerprint density at radius 2 is 1.71 bits per heavy atom. The summed E-state index contributed by atoms with van der Waals surface area (Å²) >= 11 is 1.57. The standard InChI is InChI=1S/C21H25N7O2S.C2HF3O2/c1-3-22-20(29)15-7-9-16(10-8-15)28-17(14-31-2)19(26-27-28)21(30)25-13-12-24-18-6-4-5-11-23-18;3-2(4,5)1(6)7/h4-11H,3,12-14H2,1-2H3,(H,22,29)(H,23,24)(H,25,30);(H,6,7). The molecule has 2 heterocycles. The number of aliphatic carboxylic acids is 1. The largest absolute Gasteiger partial charge is 0.490 e. The van der Waals surface area contributed by atoms with Crippen molar-refractivity contribution in [2.24, 2.45) is 0 Å². The third-order valence-electron chi connectivity index (χ3n) is 4.59. The van der Waals surface area contributed by atoms with Gasteiger partial charge >= 0.3 is 12.1 Å². The molecule has 0 saturated carbocycles. The Morgan fingerprint density at radius 1 is 1.03 bits per heavy atom. The average molecular weight is 554 g/mol. The predicted octanol–water partition coefficient (Wildman–Crippen LogP) is 2.75. The van der Waals surface area contributed by atoms with Crippen LogP contribution in [-0.2, 0) is 10.5 Å². The van der Waals surface area contributed by atoms with Crippen molar-refractivity contribution in [2.75, 3.05) is 31.2 Å². The molecule has 0 aliphatic carbocycles. The van der Waals surface area contributed by atoms with E-state index in [2.05, 4.69) is 31.2 Å². The number of halogens is 3. The number of aromatic nitrogens is 4. The van der Waals surface area contributed by atoms with Gasteiger partial charge in [0.2, 0.25) is 0 Å². The number of carbonyl (C=O) groups excluding carboxylic acids is 2. The number of carboxylic acid groups (broad SMARTS) is 1. The highest BCUT2D eigenvalue weighted by Crippen LogP contribution is 2.18. The second-order valence-corrected chi connectivity index (χ2v) is 8.20. The van der Waals surface area contributed by atoms with Crippen LogP contribution in [-0.4, -0.2) is 74.9 Å². The molecule has 1 aromatic carbocycles. The van der Waals surface area contributed by atoms with E-state index in [-0.39, 0.29) is 11.8 Å². The van der Waals surface area contributed by atoms with Crippen LogP contribution >= 0.6 is 11.8 Å². The van der Waals surface area contributed by atoms with Crippen LogP contribution in [0, 0.1) is 0 Å². The number of nitrogens with one attached hydrogen (secondary N) is 3. The average Bonchev–Trinajstić information content (AvgIpc) is 3.31. The van der Waals surface area contributed by atoms with Gasteiger partial charge in [-0.15, -0.1) is 5.10 Å². The quantitative estimate of drug-likeness (QED) is 0.278. The lowest BCUT2D eigenvalue weighted by atomic mass is 10.2. The number of anilines is 1. The van der Waals surface area contributed by atoms with E-state index < -0.39 is 12.1 Å². The summed E-state index contributed by atoms with van der Waals surface area (Å²) in [5, 5.41) is 24.2. The van der Waals surface area contributed by atoms with Crippen LogP contribution < -0.4 is 16.0 Å². The van der Waals surface area contributed by atoms with Crippen LogP contribution in [0.3, 0.4) is 0 Å². The van der Waals surface area contributed by atoms with E-state index in [4.69, 9.17) is 9.90 Å². The number of amides is 2. The smallest absolute Gasteiger partial charge is 0.475 e. The number of rotatable bonds is 10. The summed E-state index contributed by atoms with van der Waals surface area (Å²) in [7, 11) is 0. The fourth-order valence-corrected chi connectivity index (χ4v) is 3.42. The van der Waals surface area contributed by atoms with Crippen LogP contribution in [0.1, 0.15) is 33.5 Å². The van der Waals surface area contributed by atoms with E-state index in [1.807, 2.05) is 31.4 Å². The van der Waals surface area contributed by atoms with Gasteiger partial charge in [0.05, 0.1) is 11.4 Å². The minimum atomic E-state index is -5.08. The first-order chi connectivity index (χ1) is 18.1. The maximum absolute atomic E-state index is 12.7. The number of carbonyl (C=O) groups is 3. The molecule has 0 radical (unpaired) electrons. The minimum absolute atomic E-state index is 0.128. The normalized spacial score (nSPS) is 10.7. The molecule has 0 aliphatic rings. The maximum Gasteiger partial charge on any atom is 0.490 e. The van der Waals surface area contributed by atoms with Crippen molar-refractivity contribution >= 4 is 35.4 Å². The fourth-order valence-electron chi connectivity index (χ4n) is 2.89. The summed E-state index contributed by atoms with van der Waals surface area (Å²) in [6.07, 6.45) is -1.43. The fraction of sp³-hybridized carbons (Fsp3) is 0.304. The second kappa shape index (κ2) is 14.6. The van der Waals surface area contributed by atoms with E-state index in [9.17, 15) is 22.8 Å². The van der Waals surface area contributed by atoms with E-state index in [1.165, 1.54) is 0 Å². The Hall–Kier alpha value is -4.14. The molecule has 4 N–H and O–H groups in total. The van der Waals surface area contributed by atoms with Gasteiger partial charge in [-0.3, -0.25) is 9.59 Å². The molecular formula is C23H26F3N7O4S. The molecule has 2 aromatic heterocycles. The van der Waals surface area contributed by atoms with Crippen molar-refractivity contribution in [3.05, 3.63) is 65.6 Å². The molecule has 3 aromatic rings. The first-order valence-electron chi connectivity index (χ1n) is 11.1. The number of hydrogen-bond acceptors (Lipinski definition) is 8. The SMILES string of the molecule is CCNC(=O)c1ccc(-n2nnc(C(=O)NCCNc3ccccn3)c2CSC)cc1.O=C(O)C(F)(F)F. The Balaban J connectivity index is 0.000000638. The first-order valence-corrected chi connectivity index (χ1v) is 12.5. The molecule has 0 aliphatic heterocycles. The van der Waals surface area contributed by atoms with Crippen LogP contribution in [0.25, 0.3) is 5.69 Å². The van der Waals surface area contributed by atoms with Crippen LogP contribution in [0.4, 0.5) is 19.0 Å². The molecule has 15 heteroatoms. The van der Waals surface area contributed by atoms with E-state index in [0.717, 1.165) is 11.5 Å². The highest BCUT2D eigenvalue weighted by Gasteiger charge is 2.38. The van der Waals surface area contributed by atoms with Crippen molar-refractivity contribution in [1.29, 1.82) is 0 Å². The number of thioether (sulfide) groups is 1. The van der Waals surface area contributed by atoms with Gasteiger partial charge in [0.25, 0.3) is 11.8 Å². The molecule has 204 valence electrons. The highest BCUT2D eigenvalue weighted by atomic mass is 32.2. The summed E-state index contributed by atoms with van der Waals surface area (Å²) in [6, 6.07) is 12.6. The molecule has 38 heavy (non-hydrogen) atoms. The number of pyridine rings is 1. The Kier molecular flexibility index (Phi) is 11.5. The van der Waals surface area contributed by atoms with Crippen molar-refractivity contribution in [2.45, 2.75) is 18.9 Å². The summed E-state index contributed by atoms with van der Waals surface area (Å²) in [5.41, 5.74) is 2.30. The summed E-state index contributed by atoms with van der Waals surface area (Å²) in [4.78, 5) is 37.7. The Bertz CT molecular complexity index is 1210. The Morgan fingerprint density at radius 3 is 2.26 bits per heavy atom. The van der Waals surface area contributed by atoms with Crippen molar-refractivity contribution in [1.82, 2.24) is 30.6 Å². The zero-order chi connectivity index (χ0) is 28.1. The molecule has 0 unspecified atom stereocenters. The minimum Gasteiger partial charge on any atom is -0.475 e. The lowest BCUT2D eigenvalue weighted by Crippen LogP contribution is -2.30. The lowest BCUT2D eigenvalue weighted by molar-refractivity contribution is -0.192. The molecular weight excluding hydrogens is 527 g/mol. The monoisotopic (exact) mass is 553 g/mol. The molecule has 0 bridgehead atoms. The molecule has 11 nitrogen and oxygen atoms in total. The third-order valence-corrected chi connectivity index (χ3v) is 5.16. The van der Waals surface area contributed by atoms with Crippen LogP contribution in [0.2, 0.25) is 0 Å². The van der Waals surface area contributed by atoms with Gasteiger partial charge in [-0.05, 0) is 49.6 Å². The van der Waals surface area contributed by atoms with E-state index in [0.29, 0.717) is 42.3 Å². The van der Waals surface area contributed by atoms with E-state index >= 15 is 0 Å². The summed E-state index contributed by atoms with van der Waals surface area (Å²) in [6.45, 7) is 3.40. The van der Waals surface area contributed by atoms with Crippen LogP contribution in [0.15, 0.2) is 48.7 Å². The number of hydrogen-bond donors (Lipinski definition) is 4. The van der Waals surface area contributed by atoms with Gasteiger partial charge in [-0.25, -0.2) is 14.5 Å². The molecule has 2 amide bonds. The molecule has 0 atom stereocenters. The third kappa shape index (κ3) is 9.06. The first kappa shape index (κ1) is 30.1. The summed E-state index contributed by atoms with van der Waals surface area (Å²) in [5.74, 6) is -1.84. The van der Waals surface area contributed by atoms with Gasteiger partial charge in [-0.1, -0.05) is 11.3 Å². The summed E-state index contributed by atoms with van der Waals surface area (Å²) < 4.78 is 33.4. The number of benzene rings is 1. The molecule has 0 saturated heterocycles. The van der Waals surface area contributed by atoms with Crippen molar-refractivity contribution < 1.29 is 32.7 Å². The highest BCUT2D eigenvalue weighted by molar-refractivity contribution is 7.97. The second-order valence-electron chi connectivity index (χ2n) is 7.34. The van der Waals surface area contributed by atoms with Gasteiger partial charge in [-0.2, -0.15) is 24.9 Å². The van der Waals surface area contributed by atoms with Gasteiger partial charge < -0.3 is 21.1 Å². The van der Waals surface area contributed by atoms with Crippen molar-refractivity contribution in [3.63, 3.8) is 0 Å². The predicted molar refractivity (Wildman–Crippen MR) is 135 cm³/mol. The van der Waals surface area contributed by atoms with Gasteiger partial charge in [0.1, 0.15) is 5.82 Å². The number of alkyl halides is 3. The lowest BCUT2D eigenvalue weighted by Gasteiger charge is -2.09. The van der Waals surface area contributed by atoms with E-state index in [1.54, 1.807) is 46.9 Å². The molecule has 3 rings (SSSR count). The van der Waals surface area contributed by atoms with Gasteiger partial charge in [0.15, 0.2) is 5.69 Å². The number of nitrogens with zero attached hydrogens (tertiary/aromatic N) is 4.